The summed E-state index contributed by atoms with van der Waals surface area (Å²) in [6, 6.07) is 7.51. The minimum absolute atomic E-state index is 0.436. The highest BCUT2D eigenvalue weighted by atomic mass is 35.5. The molecule has 0 aliphatic heterocycles. The van der Waals surface area contributed by atoms with E-state index in [9.17, 15) is 4.79 Å². The van der Waals surface area contributed by atoms with Gasteiger partial charge in [0.15, 0.2) is 6.29 Å². The summed E-state index contributed by atoms with van der Waals surface area (Å²) in [5.41, 5.74) is 1.23. The van der Waals surface area contributed by atoms with Gasteiger partial charge in [0.05, 0.1) is 16.1 Å². The Labute approximate surface area is 98.7 Å². The van der Waals surface area contributed by atoms with Crippen molar-refractivity contribution >= 4 is 34.6 Å². The number of fused-ring (bicyclic) bond motifs is 1. The van der Waals surface area contributed by atoms with Gasteiger partial charge in [-0.25, -0.2) is 4.98 Å². The second-order valence-corrected chi connectivity index (χ2v) is 4.07. The predicted molar refractivity (Wildman–Crippen MR) is 66.5 cm³/mol. The Morgan fingerprint density at radius 1 is 1.31 bits per heavy atom. The average Bonchev–Trinajstić information content (AvgIpc) is 2.29. The first-order chi connectivity index (χ1) is 7.65. The van der Waals surface area contributed by atoms with E-state index in [1.54, 1.807) is 4.90 Å². The molecule has 0 saturated heterocycles. The van der Waals surface area contributed by atoms with Gasteiger partial charge in [0, 0.05) is 19.5 Å². The summed E-state index contributed by atoms with van der Waals surface area (Å²) in [5.74, 6) is 0.596. The fraction of sp³-hybridized carbons (Fsp3) is 0.167. The molecule has 1 heterocycles. The van der Waals surface area contributed by atoms with Crippen molar-refractivity contribution in [3.05, 3.63) is 34.9 Å². The van der Waals surface area contributed by atoms with Crippen molar-refractivity contribution in [1.82, 2.24) is 4.98 Å². The van der Waals surface area contributed by atoms with Gasteiger partial charge in [-0.3, -0.25) is 4.79 Å². The Balaban J connectivity index is 2.87. The molecule has 0 unspecified atom stereocenters. The Morgan fingerprint density at radius 2 is 2.00 bits per heavy atom. The lowest BCUT2D eigenvalue weighted by Gasteiger charge is -2.15. The molecule has 0 fully saturated rings. The largest absolute Gasteiger partial charge is 0.362 e. The van der Waals surface area contributed by atoms with Crippen LogP contribution in [0.4, 0.5) is 5.82 Å². The van der Waals surface area contributed by atoms with Crippen LogP contribution in [-0.2, 0) is 0 Å². The quantitative estimate of drug-likeness (QED) is 0.750. The molecule has 82 valence electrons. The van der Waals surface area contributed by atoms with E-state index in [2.05, 4.69) is 4.98 Å². The highest BCUT2D eigenvalue weighted by Gasteiger charge is 2.13. The van der Waals surface area contributed by atoms with Crippen LogP contribution in [0.5, 0.6) is 0 Å². The second kappa shape index (κ2) is 4.10. The topological polar surface area (TPSA) is 33.2 Å². The normalized spacial score (nSPS) is 10.4. The van der Waals surface area contributed by atoms with Gasteiger partial charge in [0.1, 0.15) is 5.82 Å². The van der Waals surface area contributed by atoms with Crippen LogP contribution in [0.3, 0.4) is 0 Å². The Hall–Kier alpha value is -1.61. The van der Waals surface area contributed by atoms with Crippen LogP contribution >= 0.6 is 11.6 Å². The van der Waals surface area contributed by atoms with Crippen molar-refractivity contribution < 1.29 is 4.79 Å². The zero-order valence-electron chi connectivity index (χ0n) is 9.07. The highest BCUT2D eigenvalue weighted by Crippen LogP contribution is 2.30. The van der Waals surface area contributed by atoms with Crippen LogP contribution in [0.15, 0.2) is 24.3 Å². The summed E-state index contributed by atoms with van der Waals surface area (Å²) in [4.78, 5) is 17.2. The van der Waals surface area contributed by atoms with E-state index in [0.29, 0.717) is 16.4 Å². The molecule has 0 bridgehead atoms. The number of carbonyl (C=O) groups is 1. The summed E-state index contributed by atoms with van der Waals surface area (Å²) in [6.07, 6.45) is 0.747. The Kier molecular flexibility index (Phi) is 2.79. The minimum atomic E-state index is 0.436. The first kappa shape index (κ1) is 10.9. The minimum Gasteiger partial charge on any atom is -0.362 e. The number of anilines is 1. The van der Waals surface area contributed by atoms with Crippen LogP contribution in [0, 0.1) is 0 Å². The zero-order valence-corrected chi connectivity index (χ0v) is 9.82. The molecule has 2 rings (SSSR count). The van der Waals surface area contributed by atoms with Gasteiger partial charge in [-0.2, -0.15) is 0 Å². The third-order valence-corrected chi connectivity index (χ3v) is 2.79. The van der Waals surface area contributed by atoms with Crippen LogP contribution in [0.2, 0.25) is 5.02 Å². The molecule has 2 aromatic rings. The number of carbonyl (C=O) groups excluding carboxylic acids is 1. The SMILES string of the molecule is CN(C)c1nc2ccccc2c(Cl)c1C=O. The molecule has 0 atom stereocenters. The van der Waals surface area contributed by atoms with Crippen molar-refractivity contribution in [2.24, 2.45) is 0 Å². The number of para-hydroxylation sites is 1. The van der Waals surface area contributed by atoms with Gasteiger partial charge in [0.2, 0.25) is 0 Å². The molecule has 3 nitrogen and oxygen atoms in total. The molecule has 0 N–H and O–H groups in total. The lowest BCUT2D eigenvalue weighted by atomic mass is 10.1. The van der Waals surface area contributed by atoms with Gasteiger partial charge in [-0.05, 0) is 6.07 Å². The number of hydrogen-bond acceptors (Lipinski definition) is 3. The lowest BCUT2D eigenvalue weighted by Crippen LogP contribution is -2.13. The summed E-state index contributed by atoms with van der Waals surface area (Å²) < 4.78 is 0. The van der Waals surface area contributed by atoms with E-state index >= 15 is 0 Å². The molecule has 0 saturated carbocycles. The number of halogens is 1. The fourth-order valence-electron chi connectivity index (χ4n) is 1.62. The van der Waals surface area contributed by atoms with Gasteiger partial charge in [0.25, 0.3) is 0 Å². The third-order valence-electron chi connectivity index (χ3n) is 2.39. The molecule has 1 aromatic carbocycles. The van der Waals surface area contributed by atoms with E-state index in [-0.39, 0.29) is 0 Å². The molecule has 16 heavy (non-hydrogen) atoms. The van der Waals surface area contributed by atoms with Gasteiger partial charge >= 0.3 is 0 Å². The number of pyridine rings is 1. The smallest absolute Gasteiger partial charge is 0.155 e. The van der Waals surface area contributed by atoms with Crippen molar-refractivity contribution in [2.45, 2.75) is 0 Å². The van der Waals surface area contributed by atoms with E-state index in [1.165, 1.54) is 0 Å². The van der Waals surface area contributed by atoms with E-state index < -0.39 is 0 Å². The number of aromatic nitrogens is 1. The Bertz CT molecular complexity index is 552. The maximum Gasteiger partial charge on any atom is 0.155 e. The third kappa shape index (κ3) is 1.63. The van der Waals surface area contributed by atoms with E-state index in [1.807, 2.05) is 38.4 Å². The number of benzene rings is 1. The van der Waals surface area contributed by atoms with Gasteiger partial charge < -0.3 is 4.90 Å². The first-order valence-corrected chi connectivity index (χ1v) is 5.23. The van der Waals surface area contributed by atoms with E-state index in [0.717, 1.165) is 17.2 Å². The second-order valence-electron chi connectivity index (χ2n) is 3.69. The Morgan fingerprint density at radius 3 is 2.62 bits per heavy atom. The summed E-state index contributed by atoms with van der Waals surface area (Å²) in [7, 11) is 3.67. The van der Waals surface area contributed by atoms with E-state index in [4.69, 9.17) is 11.6 Å². The average molecular weight is 235 g/mol. The molecule has 0 amide bonds. The van der Waals surface area contributed by atoms with Gasteiger partial charge in [-0.1, -0.05) is 29.8 Å². The molecule has 0 radical (unpaired) electrons. The molecule has 4 heteroatoms. The maximum absolute atomic E-state index is 11.0. The molecular weight excluding hydrogens is 224 g/mol. The standard InChI is InChI=1S/C12H11ClN2O/c1-15(2)12-9(7-16)11(13)8-5-3-4-6-10(8)14-12/h3-7H,1-2H3. The van der Waals surface area contributed by atoms with Crippen LogP contribution < -0.4 is 4.90 Å². The number of hydrogen-bond donors (Lipinski definition) is 0. The van der Waals surface area contributed by atoms with Crippen molar-refractivity contribution in [3.8, 4) is 0 Å². The molecule has 0 aliphatic carbocycles. The fourth-order valence-corrected chi connectivity index (χ4v) is 1.91. The summed E-state index contributed by atoms with van der Waals surface area (Å²) in [5, 5.41) is 1.26. The maximum atomic E-state index is 11.0. The van der Waals surface area contributed by atoms with Crippen LogP contribution in [0.25, 0.3) is 10.9 Å². The predicted octanol–water partition coefficient (Wildman–Crippen LogP) is 2.77. The lowest BCUT2D eigenvalue weighted by molar-refractivity contribution is 0.112. The molecular formula is C12H11ClN2O. The zero-order chi connectivity index (χ0) is 11.7. The molecule has 0 aliphatic rings. The van der Waals surface area contributed by atoms with Crippen LogP contribution in [-0.4, -0.2) is 25.4 Å². The van der Waals surface area contributed by atoms with Crippen molar-refractivity contribution in [3.63, 3.8) is 0 Å². The van der Waals surface area contributed by atoms with Crippen molar-refractivity contribution in [1.29, 1.82) is 0 Å². The summed E-state index contributed by atoms with van der Waals surface area (Å²) >= 11 is 6.19. The number of aldehydes is 1. The summed E-state index contributed by atoms with van der Waals surface area (Å²) in [6.45, 7) is 0. The van der Waals surface area contributed by atoms with Crippen molar-refractivity contribution in [2.75, 3.05) is 19.0 Å². The highest BCUT2D eigenvalue weighted by molar-refractivity contribution is 6.38. The first-order valence-electron chi connectivity index (χ1n) is 4.86. The monoisotopic (exact) mass is 234 g/mol. The van der Waals surface area contributed by atoms with Crippen LogP contribution in [0.1, 0.15) is 10.4 Å². The molecule has 1 aromatic heterocycles. The molecule has 0 spiro atoms. The number of rotatable bonds is 2. The number of nitrogens with zero attached hydrogens (tertiary/aromatic N) is 2. The van der Waals surface area contributed by atoms with Gasteiger partial charge in [-0.15, -0.1) is 0 Å².